The number of ether oxygens (including phenoxy) is 1. The number of hydrogen-bond donors (Lipinski definition) is 3. The van der Waals surface area contributed by atoms with Gasteiger partial charge < -0.3 is 14.8 Å². The summed E-state index contributed by atoms with van der Waals surface area (Å²) in [7, 11) is 1.48. The molecule has 0 unspecified atom stereocenters. The van der Waals surface area contributed by atoms with Crippen molar-refractivity contribution in [3.05, 3.63) is 59.8 Å². The van der Waals surface area contributed by atoms with Crippen LogP contribution in [0.3, 0.4) is 0 Å². The molecule has 0 fully saturated rings. The van der Waals surface area contributed by atoms with Gasteiger partial charge in [-0.1, -0.05) is 18.2 Å². The number of aromatic hydroxyl groups is 1. The molecule has 0 aliphatic rings. The van der Waals surface area contributed by atoms with E-state index in [0.717, 1.165) is 10.9 Å². The second-order valence-electron chi connectivity index (χ2n) is 4.88. The molecular weight excluding hydrogens is 294 g/mol. The van der Waals surface area contributed by atoms with Crippen molar-refractivity contribution in [3.8, 4) is 11.5 Å². The summed E-state index contributed by atoms with van der Waals surface area (Å²) < 4.78 is 4.96. The average Bonchev–Trinajstić information content (AvgIpc) is 2.99. The van der Waals surface area contributed by atoms with E-state index in [1.54, 1.807) is 18.3 Å². The summed E-state index contributed by atoms with van der Waals surface area (Å²) in [6.07, 6.45) is 3.10. The molecule has 0 atom stereocenters. The summed E-state index contributed by atoms with van der Waals surface area (Å²) in [5, 5.41) is 14.4. The first-order chi connectivity index (χ1) is 11.2. The maximum atomic E-state index is 12.2. The molecule has 3 rings (SSSR count). The number of phenols is 1. The Hall–Kier alpha value is -3.28. The minimum absolute atomic E-state index is 0.0133. The van der Waals surface area contributed by atoms with Crippen molar-refractivity contribution < 1.29 is 14.6 Å². The van der Waals surface area contributed by atoms with E-state index in [4.69, 9.17) is 4.74 Å². The van der Waals surface area contributed by atoms with Gasteiger partial charge in [0.2, 0.25) is 0 Å². The van der Waals surface area contributed by atoms with Gasteiger partial charge in [-0.2, -0.15) is 5.10 Å². The number of rotatable bonds is 4. The Morgan fingerprint density at radius 2 is 2.13 bits per heavy atom. The topological polar surface area (TPSA) is 86.7 Å². The highest BCUT2D eigenvalue weighted by Gasteiger charge is 2.10. The van der Waals surface area contributed by atoms with Gasteiger partial charge in [-0.3, -0.25) is 4.79 Å². The number of H-pyrrole nitrogens is 1. The van der Waals surface area contributed by atoms with Gasteiger partial charge in [0.15, 0.2) is 11.5 Å². The first kappa shape index (κ1) is 14.6. The van der Waals surface area contributed by atoms with Crippen LogP contribution in [0, 0.1) is 0 Å². The monoisotopic (exact) mass is 309 g/mol. The zero-order valence-electron chi connectivity index (χ0n) is 12.4. The van der Waals surface area contributed by atoms with Crippen molar-refractivity contribution in [1.82, 2.24) is 10.4 Å². The Kier molecular flexibility index (Phi) is 3.97. The molecule has 0 aliphatic carbocycles. The number of carbonyl (C=O) groups excluding carboxylic acids is 1. The molecule has 0 saturated heterocycles. The summed E-state index contributed by atoms with van der Waals surface area (Å²) in [5.41, 5.74) is 4.53. The lowest BCUT2D eigenvalue weighted by Gasteiger charge is -2.03. The number of methoxy groups -OCH3 is 1. The SMILES string of the molecule is COc1ccc(/C=N/NC(=O)c2c[nH]c3ccccc23)cc1O. The van der Waals surface area contributed by atoms with Crippen LogP contribution >= 0.6 is 0 Å². The number of para-hydroxylation sites is 1. The molecule has 23 heavy (non-hydrogen) atoms. The van der Waals surface area contributed by atoms with Crippen LogP contribution in [0.1, 0.15) is 15.9 Å². The Morgan fingerprint density at radius 1 is 1.30 bits per heavy atom. The van der Waals surface area contributed by atoms with E-state index in [1.807, 2.05) is 24.3 Å². The standard InChI is InChI=1S/C17H15N3O3/c1-23-16-7-6-11(8-15(16)21)9-19-20-17(22)13-10-18-14-5-3-2-4-12(13)14/h2-10,18,21H,1H3,(H,20,22)/b19-9+. The van der Waals surface area contributed by atoms with E-state index in [2.05, 4.69) is 15.5 Å². The molecule has 0 bridgehead atoms. The van der Waals surface area contributed by atoms with E-state index in [1.165, 1.54) is 19.4 Å². The molecule has 0 saturated carbocycles. The van der Waals surface area contributed by atoms with Crippen LogP contribution in [0.15, 0.2) is 53.8 Å². The fourth-order valence-corrected chi connectivity index (χ4v) is 2.27. The highest BCUT2D eigenvalue weighted by atomic mass is 16.5. The average molecular weight is 309 g/mol. The molecule has 3 aromatic rings. The van der Waals surface area contributed by atoms with Crippen LogP contribution < -0.4 is 10.2 Å². The molecule has 0 aliphatic heterocycles. The van der Waals surface area contributed by atoms with Crippen LogP contribution in [0.5, 0.6) is 11.5 Å². The second-order valence-corrected chi connectivity index (χ2v) is 4.88. The first-order valence-corrected chi connectivity index (χ1v) is 6.95. The van der Waals surface area contributed by atoms with Crippen LogP contribution in [-0.4, -0.2) is 29.3 Å². The lowest BCUT2D eigenvalue weighted by Crippen LogP contribution is -2.17. The number of benzene rings is 2. The first-order valence-electron chi connectivity index (χ1n) is 6.95. The van der Waals surface area contributed by atoms with Gasteiger partial charge in [0.25, 0.3) is 5.91 Å². The molecule has 0 spiro atoms. The summed E-state index contributed by atoms with van der Waals surface area (Å²) in [6, 6.07) is 12.4. The second kappa shape index (κ2) is 6.23. The minimum Gasteiger partial charge on any atom is -0.504 e. The third-order valence-corrected chi connectivity index (χ3v) is 3.42. The number of hydrazone groups is 1. The molecule has 116 valence electrons. The Morgan fingerprint density at radius 3 is 2.91 bits per heavy atom. The van der Waals surface area contributed by atoms with Crippen molar-refractivity contribution in [2.75, 3.05) is 7.11 Å². The summed E-state index contributed by atoms with van der Waals surface area (Å²) in [5.74, 6) is 0.0841. The highest BCUT2D eigenvalue weighted by molar-refractivity contribution is 6.06. The zero-order valence-corrected chi connectivity index (χ0v) is 12.4. The van der Waals surface area contributed by atoms with Crippen LogP contribution in [0.25, 0.3) is 10.9 Å². The number of carbonyl (C=O) groups is 1. The quantitative estimate of drug-likeness (QED) is 0.511. The lowest BCUT2D eigenvalue weighted by molar-refractivity contribution is 0.0957. The number of nitrogens with one attached hydrogen (secondary N) is 2. The number of hydrogen-bond acceptors (Lipinski definition) is 4. The molecule has 2 aromatic carbocycles. The number of aromatic nitrogens is 1. The molecule has 1 heterocycles. The van der Waals surface area contributed by atoms with Crippen molar-refractivity contribution in [2.45, 2.75) is 0 Å². The maximum absolute atomic E-state index is 12.2. The lowest BCUT2D eigenvalue weighted by atomic mass is 10.2. The maximum Gasteiger partial charge on any atom is 0.273 e. The van der Waals surface area contributed by atoms with Crippen molar-refractivity contribution >= 4 is 23.0 Å². The summed E-state index contributed by atoms with van der Waals surface area (Å²) >= 11 is 0. The van der Waals surface area contributed by atoms with E-state index >= 15 is 0 Å². The molecule has 6 heteroatoms. The summed E-state index contributed by atoms with van der Waals surface area (Å²) in [6.45, 7) is 0. The Balaban J connectivity index is 1.72. The van der Waals surface area contributed by atoms with Crippen LogP contribution in [-0.2, 0) is 0 Å². The fourth-order valence-electron chi connectivity index (χ4n) is 2.27. The third-order valence-electron chi connectivity index (χ3n) is 3.42. The van der Waals surface area contributed by atoms with Gasteiger partial charge in [0.05, 0.1) is 18.9 Å². The predicted molar refractivity (Wildman–Crippen MR) is 88.0 cm³/mol. The van der Waals surface area contributed by atoms with Gasteiger partial charge >= 0.3 is 0 Å². The molecule has 1 amide bonds. The van der Waals surface area contributed by atoms with E-state index in [0.29, 0.717) is 16.9 Å². The summed E-state index contributed by atoms with van der Waals surface area (Å²) in [4.78, 5) is 15.2. The number of amides is 1. The van der Waals surface area contributed by atoms with E-state index in [9.17, 15) is 9.90 Å². The third kappa shape index (κ3) is 3.01. The smallest absolute Gasteiger partial charge is 0.273 e. The van der Waals surface area contributed by atoms with Gasteiger partial charge in [0.1, 0.15) is 0 Å². The van der Waals surface area contributed by atoms with Gasteiger partial charge in [0, 0.05) is 17.1 Å². The minimum atomic E-state index is -0.309. The van der Waals surface area contributed by atoms with Crippen molar-refractivity contribution in [2.24, 2.45) is 5.10 Å². The molecule has 0 radical (unpaired) electrons. The van der Waals surface area contributed by atoms with Gasteiger partial charge in [-0.25, -0.2) is 5.43 Å². The largest absolute Gasteiger partial charge is 0.504 e. The van der Waals surface area contributed by atoms with Gasteiger partial charge in [-0.05, 0) is 29.8 Å². The molecule has 1 aromatic heterocycles. The molecular formula is C17H15N3O3. The number of fused-ring (bicyclic) bond motifs is 1. The number of nitrogens with zero attached hydrogens (tertiary/aromatic N) is 1. The van der Waals surface area contributed by atoms with E-state index < -0.39 is 0 Å². The highest BCUT2D eigenvalue weighted by Crippen LogP contribution is 2.25. The normalized spacial score (nSPS) is 11.0. The Bertz CT molecular complexity index is 884. The van der Waals surface area contributed by atoms with Crippen LogP contribution in [0.2, 0.25) is 0 Å². The van der Waals surface area contributed by atoms with Gasteiger partial charge in [-0.15, -0.1) is 0 Å². The predicted octanol–water partition coefficient (Wildman–Crippen LogP) is 2.65. The molecule has 6 nitrogen and oxygen atoms in total. The van der Waals surface area contributed by atoms with Crippen molar-refractivity contribution in [1.29, 1.82) is 0 Å². The van der Waals surface area contributed by atoms with Crippen LogP contribution in [0.4, 0.5) is 0 Å². The van der Waals surface area contributed by atoms with E-state index in [-0.39, 0.29) is 11.7 Å². The fraction of sp³-hybridized carbons (Fsp3) is 0.0588. The number of phenolic OH excluding ortho intramolecular Hbond substituents is 1. The number of aromatic amines is 1. The zero-order chi connectivity index (χ0) is 16.2. The Labute approximate surface area is 132 Å². The molecule has 3 N–H and O–H groups in total. The van der Waals surface area contributed by atoms with Crippen molar-refractivity contribution in [3.63, 3.8) is 0 Å².